The number of fused-ring (bicyclic) bond motifs is 2. The lowest BCUT2D eigenvalue weighted by Gasteiger charge is -2.06. The number of anilines is 1. The molecule has 0 unspecified atom stereocenters. The van der Waals surface area contributed by atoms with Crippen molar-refractivity contribution >= 4 is 60.3 Å². The number of aliphatic hydroxyl groups is 1. The molecule has 5 aromatic rings. The highest BCUT2D eigenvalue weighted by atomic mass is 32.1. The second kappa shape index (κ2) is 9.13. The number of amides is 1. The van der Waals surface area contributed by atoms with Gasteiger partial charge < -0.3 is 10.4 Å². The van der Waals surface area contributed by atoms with Crippen molar-refractivity contribution in [3.8, 4) is 6.07 Å². The molecule has 35 heavy (non-hydrogen) atoms. The van der Waals surface area contributed by atoms with Gasteiger partial charge >= 0.3 is 0 Å². The summed E-state index contributed by atoms with van der Waals surface area (Å²) in [6.07, 6.45) is 1.31. The first-order valence-electron chi connectivity index (χ1n) is 10.5. The van der Waals surface area contributed by atoms with Gasteiger partial charge in [-0.15, -0.1) is 22.7 Å². The quantitative estimate of drug-likeness (QED) is 0.256. The number of aromatic nitrogens is 3. The maximum Gasteiger partial charge on any atom is 0.266 e. The van der Waals surface area contributed by atoms with E-state index in [1.54, 1.807) is 19.1 Å². The zero-order valence-electron chi connectivity index (χ0n) is 18.3. The Morgan fingerprint density at radius 3 is 2.63 bits per heavy atom. The minimum absolute atomic E-state index is 0.00293. The molecule has 2 N–H and O–H groups in total. The van der Waals surface area contributed by atoms with Gasteiger partial charge in [0.15, 0.2) is 0 Å². The number of hydrogen-bond acceptors (Lipinski definition) is 8. The third kappa shape index (κ3) is 4.19. The van der Waals surface area contributed by atoms with E-state index in [-0.39, 0.29) is 23.8 Å². The highest BCUT2D eigenvalue weighted by Crippen LogP contribution is 2.29. The molecular formula is C25H17N5O3S2. The highest BCUT2D eigenvalue weighted by Gasteiger charge is 2.21. The van der Waals surface area contributed by atoms with Crippen molar-refractivity contribution in [3.63, 3.8) is 0 Å². The molecule has 3 aromatic heterocycles. The Morgan fingerprint density at radius 1 is 1.14 bits per heavy atom. The molecule has 0 radical (unpaired) electrons. The maximum atomic E-state index is 13.2. The number of carbonyl (C=O) groups is 1. The molecule has 0 atom stereocenters. The number of thiophene rings is 1. The second-order valence-corrected chi connectivity index (χ2v) is 9.68. The van der Waals surface area contributed by atoms with Crippen LogP contribution in [-0.4, -0.2) is 25.5 Å². The van der Waals surface area contributed by atoms with Gasteiger partial charge in [0.05, 0.1) is 33.4 Å². The number of nitrogens with one attached hydrogen (secondary N) is 1. The molecule has 0 aliphatic carbocycles. The Bertz CT molecular complexity index is 1690. The van der Waals surface area contributed by atoms with Crippen LogP contribution < -0.4 is 10.9 Å². The molecule has 172 valence electrons. The fourth-order valence-corrected chi connectivity index (χ4v) is 5.67. The Kier molecular flexibility index (Phi) is 5.86. The second-order valence-electron chi connectivity index (χ2n) is 7.65. The molecule has 2 aromatic carbocycles. The van der Waals surface area contributed by atoms with E-state index in [0.29, 0.717) is 31.4 Å². The predicted octanol–water partition coefficient (Wildman–Crippen LogP) is 5.12. The van der Waals surface area contributed by atoms with Crippen molar-refractivity contribution in [1.29, 1.82) is 5.26 Å². The summed E-state index contributed by atoms with van der Waals surface area (Å²) in [5, 5.41) is 23.9. The fourth-order valence-electron chi connectivity index (χ4n) is 3.65. The van der Waals surface area contributed by atoms with Gasteiger partial charge in [0.2, 0.25) is 0 Å². The summed E-state index contributed by atoms with van der Waals surface area (Å²) in [5.74, 6) is -0.613. The lowest BCUT2D eigenvalue weighted by atomic mass is 10.2. The van der Waals surface area contributed by atoms with Gasteiger partial charge in [-0.25, -0.2) is 9.97 Å². The number of nitrogens with zero attached hydrogens (tertiary/aromatic N) is 4. The molecule has 0 saturated carbocycles. The molecule has 10 heteroatoms. The van der Waals surface area contributed by atoms with Crippen LogP contribution in [0, 0.1) is 18.3 Å². The van der Waals surface area contributed by atoms with E-state index in [0.717, 1.165) is 21.6 Å². The van der Waals surface area contributed by atoms with Gasteiger partial charge in [-0.1, -0.05) is 30.3 Å². The molecule has 0 bridgehead atoms. The van der Waals surface area contributed by atoms with Gasteiger partial charge in [-0.3, -0.25) is 14.2 Å². The standard InChI is InChI=1S/C25H17N5O3S2/c1-14-20-24(35-21(14)22(32)28-15-7-3-2-4-8-15)27-13-30(25(20)33)12-18(31)16(11-26)23-29-17-9-5-6-10-19(17)34-23/h2-10,13,31H,12H2,1H3,(H,28,32)/b18-16-. The first kappa shape index (κ1) is 22.5. The maximum absolute atomic E-state index is 13.2. The van der Waals surface area contributed by atoms with Crippen LogP contribution in [0.4, 0.5) is 5.69 Å². The van der Waals surface area contributed by atoms with E-state index in [2.05, 4.69) is 15.3 Å². The summed E-state index contributed by atoms with van der Waals surface area (Å²) in [5.41, 5.74) is 1.48. The summed E-state index contributed by atoms with van der Waals surface area (Å²) in [6, 6.07) is 18.5. The van der Waals surface area contributed by atoms with Crippen LogP contribution in [0.1, 0.15) is 20.2 Å². The molecular weight excluding hydrogens is 482 g/mol. The number of nitriles is 1. The molecule has 0 saturated heterocycles. The van der Waals surface area contributed by atoms with Gasteiger partial charge in [0.25, 0.3) is 11.5 Å². The number of benzene rings is 2. The number of aliphatic hydroxyl groups excluding tert-OH is 1. The lowest BCUT2D eigenvalue weighted by molar-refractivity contribution is 0.103. The van der Waals surface area contributed by atoms with Crippen LogP contribution in [0.3, 0.4) is 0 Å². The fraction of sp³-hybridized carbons (Fsp3) is 0.0800. The van der Waals surface area contributed by atoms with Crippen molar-refractivity contribution < 1.29 is 9.90 Å². The van der Waals surface area contributed by atoms with Crippen molar-refractivity contribution in [2.45, 2.75) is 13.5 Å². The molecule has 8 nitrogen and oxygen atoms in total. The van der Waals surface area contributed by atoms with Gasteiger partial charge in [-0.05, 0) is 36.8 Å². The molecule has 0 spiro atoms. The Labute approximate surface area is 207 Å². The zero-order chi connectivity index (χ0) is 24.5. The normalized spacial score (nSPS) is 11.9. The van der Waals surface area contributed by atoms with E-state index in [1.807, 2.05) is 48.5 Å². The largest absolute Gasteiger partial charge is 0.509 e. The van der Waals surface area contributed by atoms with Crippen LogP contribution in [0.25, 0.3) is 26.0 Å². The first-order chi connectivity index (χ1) is 17.0. The molecule has 3 heterocycles. The zero-order valence-corrected chi connectivity index (χ0v) is 20.0. The number of aryl methyl sites for hydroxylation is 1. The van der Waals surface area contributed by atoms with Gasteiger partial charge in [0.1, 0.15) is 27.2 Å². The Hall–Kier alpha value is -4.33. The lowest BCUT2D eigenvalue weighted by Crippen LogP contribution is -2.22. The third-order valence-electron chi connectivity index (χ3n) is 5.38. The monoisotopic (exact) mass is 499 g/mol. The summed E-state index contributed by atoms with van der Waals surface area (Å²) < 4.78 is 2.11. The van der Waals surface area contributed by atoms with Crippen LogP contribution in [0.2, 0.25) is 0 Å². The SMILES string of the molecule is Cc1c(C(=O)Nc2ccccc2)sc2ncn(C/C(O)=C(\C#N)c3nc4ccccc4s3)c(=O)c12. The molecule has 1 amide bonds. The van der Waals surface area contributed by atoms with Crippen LogP contribution in [0.5, 0.6) is 0 Å². The van der Waals surface area contributed by atoms with E-state index >= 15 is 0 Å². The molecule has 5 rings (SSSR count). The van der Waals surface area contributed by atoms with Crippen molar-refractivity contribution in [2.75, 3.05) is 5.32 Å². The van der Waals surface area contributed by atoms with Crippen LogP contribution in [0.15, 0.2) is 71.5 Å². The Balaban J connectivity index is 1.49. The summed E-state index contributed by atoms with van der Waals surface area (Å²) in [4.78, 5) is 35.6. The van der Waals surface area contributed by atoms with Crippen LogP contribution in [-0.2, 0) is 6.54 Å². The number of hydrogen-bond donors (Lipinski definition) is 2. The van der Waals surface area contributed by atoms with Crippen molar-refractivity contribution in [2.24, 2.45) is 0 Å². The summed E-state index contributed by atoms with van der Waals surface area (Å²) >= 11 is 2.42. The average molecular weight is 500 g/mol. The molecule has 0 fully saturated rings. The topological polar surface area (TPSA) is 121 Å². The minimum atomic E-state index is -0.407. The predicted molar refractivity (Wildman–Crippen MR) is 138 cm³/mol. The number of rotatable bonds is 5. The van der Waals surface area contributed by atoms with E-state index in [4.69, 9.17) is 0 Å². The molecule has 0 aliphatic rings. The first-order valence-corrected chi connectivity index (χ1v) is 12.1. The van der Waals surface area contributed by atoms with Crippen molar-refractivity contribution in [1.82, 2.24) is 14.5 Å². The number of para-hydroxylation sites is 2. The average Bonchev–Trinajstić information content (AvgIpc) is 3.43. The van der Waals surface area contributed by atoms with Crippen LogP contribution >= 0.6 is 22.7 Å². The minimum Gasteiger partial charge on any atom is -0.509 e. The third-order valence-corrected chi connectivity index (χ3v) is 7.64. The van der Waals surface area contributed by atoms with Crippen molar-refractivity contribution in [3.05, 3.63) is 92.5 Å². The van der Waals surface area contributed by atoms with E-state index in [1.165, 1.54) is 22.2 Å². The summed E-state index contributed by atoms with van der Waals surface area (Å²) in [7, 11) is 0. The number of carbonyl (C=O) groups excluding carboxylic acids is 1. The Morgan fingerprint density at radius 2 is 1.89 bits per heavy atom. The van der Waals surface area contributed by atoms with Gasteiger partial charge in [-0.2, -0.15) is 5.26 Å². The number of thiazole rings is 1. The van der Waals surface area contributed by atoms with E-state index < -0.39 is 5.56 Å². The smallest absolute Gasteiger partial charge is 0.266 e. The highest BCUT2D eigenvalue weighted by molar-refractivity contribution is 7.20. The van der Waals surface area contributed by atoms with E-state index in [9.17, 15) is 20.0 Å². The molecule has 0 aliphatic heterocycles. The summed E-state index contributed by atoms with van der Waals surface area (Å²) in [6.45, 7) is 1.45. The number of allylic oxidation sites excluding steroid dienone is 2. The van der Waals surface area contributed by atoms with Gasteiger partial charge in [0, 0.05) is 5.69 Å².